The summed E-state index contributed by atoms with van der Waals surface area (Å²) in [5.41, 5.74) is 10.8. The van der Waals surface area contributed by atoms with Crippen molar-refractivity contribution in [3.05, 3.63) is 35.9 Å². The average molecular weight is 265 g/mol. The average Bonchev–Trinajstić information content (AvgIpc) is 2.35. The van der Waals surface area contributed by atoms with Crippen LogP contribution >= 0.6 is 0 Å². The standard InChI is InChI=1S/C12H15N3O4/c13-8(6-9(14)16)11(17)15-10(12(18)19)7-4-2-1-3-5-7/h1-5,8,10H,6,13H2,(H2,14,16)(H,15,17)(H,18,19)/t8?,10-/m0/s1. The van der Waals surface area contributed by atoms with E-state index >= 15 is 0 Å². The number of carbonyl (C=O) groups excluding carboxylic acids is 2. The number of hydrogen-bond acceptors (Lipinski definition) is 4. The molecule has 1 aromatic carbocycles. The minimum atomic E-state index is -1.22. The highest BCUT2D eigenvalue weighted by Gasteiger charge is 2.25. The number of carboxylic acids is 1. The largest absolute Gasteiger partial charge is 0.479 e. The van der Waals surface area contributed by atoms with Crippen molar-refractivity contribution in [1.29, 1.82) is 0 Å². The van der Waals surface area contributed by atoms with Crippen molar-refractivity contribution in [3.8, 4) is 0 Å². The summed E-state index contributed by atoms with van der Waals surface area (Å²) in [7, 11) is 0. The van der Waals surface area contributed by atoms with Crippen LogP contribution in [0, 0.1) is 0 Å². The van der Waals surface area contributed by atoms with Crippen molar-refractivity contribution in [2.24, 2.45) is 11.5 Å². The first-order chi connectivity index (χ1) is 8.91. The lowest BCUT2D eigenvalue weighted by molar-refractivity contribution is -0.142. The molecule has 19 heavy (non-hydrogen) atoms. The quantitative estimate of drug-likeness (QED) is 0.530. The molecule has 1 unspecified atom stereocenters. The van der Waals surface area contributed by atoms with Crippen LogP contribution in [0.25, 0.3) is 0 Å². The summed E-state index contributed by atoms with van der Waals surface area (Å²) in [4.78, 5) is 33.4. The number of amides is 2. The van der Waals surface area contributed by atoms with E-state index in [0.29, 0.717) is 5.56 Å². The number of carboxylic acid groups (broad SMARTS) is 1. The third-order valence-corrected chi connectivity index (χ3v) is 2.42. The van der Waals surface area contributed by atoms with Gasteiger partial charge in [0.2, 0.25) is 11.8 Å². The van der Waals surface area contributed by atoms with E-state index in [1.54, 1.807) is 30.3 Å². The molecule has 0 saturated heterocycles. The molecule has 0 radical (unpaired) electrons. The number of nitrogens with two attached hydrogens (primary N) is 2. The van der Waals surface area contributed by atoms with Gasteiger partial charge in [-0.3, -0.25) is 9.59 Å². The monoisotopic (exact) mass is 265 g/mol. The summed E-state index contributed by atoms with van der Waals surface area (Å²) in [6.07, 6.45) is -0.340. The number of benzene rings is 1. The summed E-state index contributed by atoms with van der Waals surface area (Å²) in [6, 6.07) is 5.79. The van der Waals surface area contributed by atoms with Crippen LogP contribution in [0.1, 0.15) is 18.0 Å². The SMILES string of the molecule is NC(=O)CC(N)C(=O)N[C@H](C(=O)O)c1ccccc1. The molecule has 0 aliphatic rings. The second kappa shape index (κ2) is 6.50. The molecule has 0 spiro atoms. The van der Waals surface area contributed by atoms with Gasteiger partial charge < -0.3 is 21.9 Å². The van der Waals surface area contributed by atoms with Crippen LogP contribution in [-0.4, -0.2) is 28.9 Å². The summed E-state index contributed by atoms with van der Waals surface area (Å²) in [5, 5.41) is 11.4. The highest BCUT2D eigenvalue weighted by Crippen LogP contribution is 2.12. The molecule has 0 aliphatic heterocycles. The molecule has 7 heteroatoms. The number of hydrogen-bond donors (Lipinski definition) is 4. The number of carbonyl (C=O) groups is 3. The topological polar surface area (TPSA) is 136 Å². The van der Waals surface area contributed by atoms with Crippen molar-refractivity contribution in [2.45, 2.75) is 18.5 Å². The van der Waals surface area contributed by atoms with Gasteiger partial charge in [0, 0.05) is 0 Å². The van der Waals surface area contributed by atoms with Gasteiger partial charge in [0.1, 0.15) is 0 Å². The van der Waals surface area contributed by atoms with E-state index in [0.717, 1.165) is 0 Å². The highest BCUT2D eigenvalue weighted by atomic mass is 16.4. The fraction of sp³-hybridized carbons (Fsp3) is 0.250. The van der Waals surface area contributed by atoms with Crippen LogP contribution in [0.4, 0.5) is 0 Å². The van der Waals surface area contributed by atoms with Crippen LogP contribution in [0.15, 0.2) is 30.3 Å². The fourth-order valence-corrected chi connectivity index (χ4v) is 1.49. The molecular formula is C12H15N3O4. The maximum atomic E-state index is 11.7. The van der Waals surface area contributed by atoms with Crippen LogP contribution in [0.5, 0.6) is 0 Å². The molecule has 6 N–H and O–H groups in total. The number of rotatable bonds is 6. The van der Waals surface area contributed by atoms with E-state index in [9.17, 15) is 14.4 Å². The van der Waals surface area contributed by atoms with Crippen molar-refractivity contribution < 1.29 is 19.5 Å². The Labute approximate surface area is 109 Å². The van der Waals surface area contributed by atoms with E-state index < -0.39 is 29.9 Å². The summed E-state index contributed by atoms with van der Waals surface area (Å²) < 4.78 is 0. The van der Waals surface area contributed by atoms with Crippen molar-refractivity contribution in [2.75, 3.05) is 0 Å². The maximum absolute atomic E-state index is 11.7. The summed E-state index contributed by atoms with van der Waals surface area (Å²) in [5.74, 6) is -2.69. The number of nitrogens with one attached hydrogen (secondary N) is 1. The smallest absolute Gasteiger partial charge is 0.330 e. The van der Waals surface area contributed by atoms with Crippen LogP contribution in [-0.2, 0) is 14.4 Å². The Hall–Kier alpha value is -2.41. The van der Waals surface area contributed by atoms with E-state index in [1.165, 1.54) is 0 Å². The highest BCUT2D eigenvalue weighted by molar-refractivity contribution is 5.90. The van der Waals surface area contributed by atoms with Gasteiger partial charge in [0.05, 0.1) is 12.5 Å². The summed E-state index contributed by atoms with van der Waals surface area (Å²) in [6.45, 7) is 0. The minimum Gasteiger partial charge on any atom is -0.479 e. The Kier molecular flexibility index (Phi) is 5.01. The van der Waals surface area contributed by atoms with Crippen molar-refractivity contribution in [3.63, 3.8) is 0 Å². The van der Waals surface area contributed by atoms with Crippen molar-refractivity contribution in [1.82, 2.24) is 5.32 Å². The third-order valence-electron chi connectivity index (χ3n) is 2.42. The molecule has 0 fully saturated rings. The van der Waals surface area contributed by atoms with Gasteiger partial charge in [-0.05, 0) is 5.56 Å². The summed E-state index contributed by atoms with van der Waals surface area (Å²) >= 11 is 0. The van der Waals surface area contributed by atoms with Gasteiger partial charge in [-0.1, -0.05) is 30.3 Å². The minimum absolute atomic E-state index is 0.340. The Morgan fingerprint density at radius 2 is 1.79 bits per heavy atom. The zero-order chi connectivity index (χ0) is 14.4. The predicted molar refractivity (Wildman–Crippen MR) is 66.7 cm³/mol. The molecule has 2 atom stereocenters. The van der Waals surface area contributed by atoms with E-state index in [-0.39, 0.29) is 6.42 Å². The molecule has 0 saturated carbocycles. The zero-order valence-electron chi connectivity index (χ0n) is 10.1. The Balaban J connectivity index is 2.78. The third kappa shape index (κ3) is 4.40. The van der Waals surface area contributed by atoms with Crippen molar-refractivity contribution >= 4 is 17.8 Å². The first-order valence-electron chi connectivity index (χ1n) is 5.54. The molecule has 2 amide bonds. The lowest BCUT2D eigenvalue weighted by Crippen LogP contribution is -2.45. The molecule has 0 bridgehead atoms. The van der Waals surface area contributed by atoms with Crippen LogP contribution in [0.3, 0.4) is 0 Å². The zero-order valence-corrected chi connectivity index (χ0v) is 10.1. The number of aliphatic carboxylic acids is 1. The molecular weight excluding hydrogens is 250 g/mol. The lowest BCUT2D eigenvalue weighted by Gasteiger charge is -2.17. The van der Waals surface area contributed by atoms with E-state index in [2.05, 4.69) is 5.32 Å². The molecule has 102 valence electrons. The first kappa shape index (κ1) is 14.7. The number of primary amides is 1. The second-order valence-corrected chi connectivity index (χ2v) is 3.97. The molecule has 1 rings (SSSR count). The van der Waals surface area contributed by atoms with Gasteiger partial charge in [0.25, 0.3) is 0 Å². The molecule has 1 aromatic rings. The normalized spacial score (nSPS) is 13.3. The van der Waals surface area contributed by atoms with Gasteiger partial charge >= 0.3 is 5.97 Å². The molecule has 7 nitrogen and oxygen atoms in total. The second-order valence-electron chi connectivity index (χ2n) is 3.97. The van der Waals surface area contributed by atoms with Gasteiger partial charge in [-0.2, -0.15) is 0 Å². The molecule has 0 aliphatic carbocycles. The first-order valence-corrected chi connectivity index (χ1v) is 5.54. The predicted octanol–water partition coefficient (Wildman–Crippen LogP) is -0.869. The van der Waals surface area contributed by atoms with E-state index in [4.69, 9.17) is 16.6 Å². The Bertz CT molecular complexity index is 475. The van der Waals surface area contributed by atoms with Crippen LogP contribution < -0.4 is 16.8 Å². The van der Waals surface area contributed by atoms with Gasteiger partial charge in [0.15, 0.2) is 6.04 Å². The lowest BCUT2D eigenvalue weighted by atomic mass is 10.1. The van der Waals surface area contributed by atoms with E-state index in [1.807, 2.05) is 0 Å². The molecule has 0 aromatic heterocycles. The Morgan fingerprint density at radius 1 is 1.21 bits per heavy atom. The van der Waals surface area contributed by atoms with Crippen LogP contribution in [0.2, 0.25) is 0 Å². The Morgan fingerprint density at radius 3 is 2.26 bits per heavy atom. The fourth-order valence-electron chi connectivity index (χ4n) is 1.49. The van der Waals surface area contributed by atoms with Gasteiger partial charge in [-0.25, -0.2) is 4.79 Å². The van der Waals surface area contributed by atoms with Gasteiger partial charge in [-0.15, -0.1) is 0 Å². The maximum Gasteiger partial charge on any atom is 0.330 e. The molecule has 0 heterocycles.